The number of rotatable bonds is 7. The van der Waals surface area contributed by atoms with Crippen molar-refractivity contribution in [1.29, 1.82) is 0 Å². The van der Waals surface area contributed by atoms with Crippen molar-refractivity contribution >= 4 is 5.91 Å². The largest absolute Gasteiger partial charge is 0.382 e. The first kappa shape index (κ1) is 14.4. The van der Waals surface area contributed by atoms with E-state index < -0.39 is 0 Å². The normalized spacial score (nSPS) is 17.4. The van der Waals surface area contributed by atoms with Gasteiger partial charge in [0, 0.05) is 39.4 Å². The Bertz CT molecular complexity index is 216. The van der Waals surface area contributed by atoms with E-state index in [1.807, 2.05) is 11.8 Å². The molecule has 0 unspecified atom stereocenters. The molecule has 1 heterocycles. The Morgan fingerprint density at radius 1 is 1.24 bits per heavy atom. The fraction of sp³-hybridized carbons (Fsp3) is 0.917. The monoisotopic (exact) mass is 243 g/mol. The van der Waals surface area contributed by atoms with Gasteiger partial charge in [-0.1, -0.05) is 0 Å². The molecule has 0 aromatic carbocycles. The third kappa shape index (κ3) is 5.48. The molecule has 0 bridgehead atoms. The van der Waals surface area contributed by atoms with E-state index in [9.17, 15) is 4.79 Å². The fourth-order valence-electron chi connectivity index (χ4n) is 2.03. The molecule has 17 heavy (non-hydrogen) atoms. The Morgan fingerprint density at radius 2 is 1.94 bits per heavy atom. The SMILES string of the molecule is CCOCCCCN1CCN(C(=O)CN)CC1. The molecule has 100 valence electrons. The molecule has 0 spiro atoms. The molecule has 0 aliphatic carbocycles. The van der Waals surface area contributed by atoms with Crippen molar-refractivity contribution in [3.05, 3.63) is 0 Å². The summed E-state index contributed by atoms with van der Waals surface area (Å²) < 4.78 is 5.30. The van der Waals surface area contributed by atoms with Gasteiger partial charge in [0.2, 0.25) is 5.91 Å². The van der Waals surface area contributed by atoms with Gasteiger partial charge in [0.05, 0.1) is 6.54 Å². The minimum absolute atomic E-state index is 0.0704. The number of carbonyl (C=O) groups is 1. The molecule has 1 rings (SSSR count). The number of hydrogen-bond acceptors (Lipinski definition) is 4. The van der Waals surface area contributed by atoms with Gasteiger partial charge < -0.3 is 15.4 Å². The molecule has 1 aliphatic rings. The molecule has 0 atom stereocenters. The van der Waals surface area contributed by atoms with Crippen LogP contribution in [0.25, 0.3) is 0 Å². The highest BCUT2D eigenvalue weighted by Crippen LogP contribution is 2.03. The van der Waals surface area contributed by atoms with Gasteiger partial charge >= 0.3 is 0 Å². The number of hydrogen-bond donors (Lipinski definition) is 1. The number of amides is 1. The van der Waals surface area contributed by atoms with Crippen molar-refractivity contribution in [1.82, 2.24) is 9.80 Å². The van der Waals surface area contributed by atoms with Gasteiger partial charge in [-0.05, 0) is 26.3 Å². The van der Waals surface area contributed by atoms with Crippen LogP contribution in [0, 0.1) is 0 Å². The number of ether oxygens (including phenoxy) is 1. The summed E-state index contributed by atoms with van der Waals surface area (Å²) in [5.41, 5.74) is 5.35. The molecule has 1 amide bonds. The lowest BCUT2D eigenvalue weighted by atomic mass is 10.2. The zero-order valence-corrected chi connectivity index (χ0v) is 10.9. The zero-order chi connectivity index (χ0) is 12.5. The fourth-order valence-corrected chi connectivity index (χ4v) is 2.03. The van der Waals surface area contributed by atoms with E-state index in [2.05, 4.69) is 4.90 Å². The van der Waals surface area contributed by atoms with Gasteiger partial charge in [-0.3, -0.25) is 9.69 Å². The molecule has 1 fully saturated rings. The highest BCUT2D eigenvalue weighted by atomic mass is 16.5. The third-order valence-electron chi connectivity index (χ3n) is 3.12. The number of nitrogens with two attached hydrogens (primary N) is 1. The second-order valence-electron chi connectivity index (χ2n) is 4.33. The summed E-state index contributed by atoms with van der Waals surface area (Å²) in [6.45, 7) is 8.52. The smallest absolute Gasteiger partial charge is 0.236 e. The van der Waals surface area contributed by atoms with Crippen LogP contribution in [0.3, 0.4) is 0 Å². The topological polar surface area (TPSA) is 58.8 Å². The third-order valence-corrected chi connectivity index (χ3v) is 3.12. The molecular weight excluding hydrogens is 218 g/mol. The number of nitrogens with zero attached hydrogens (tertiary/aromatic N) is 2. The van der Waals surface area contributed by atoms with Gasteiger partial charge in [-0.15, -0.1) is 0 Å². The summed E-state index contributed by atoms with van der Waals surface area (Å²) >= 11 is 0. The molecule has 5 nitrogen and oxygen atoms in total. The molecule has 0 radical (unpaired) electrons. The Labute approximate surface area is 104 Å². The van der Waals surface area contributed by atoms with E-state index in [4.69, 9.17) is 10.5 Å². The highest BCUT2D eigenvalue weighted by Gasteiger charge is 2.19. The zero-order valence-electron chi connectivity index (χ0n) is 10.9. The van der Waals surface area contributed by atoms with Gasteiger partial charge in [0.1, 0.15) is 0 Å². The second kappa shape index (κ2) is 8.44. The quantitative estimate of drug-likeness (QED) is 0.635. The van der Waals surface area contributed by atoms with E-state index >= 15 is 0 Å². The van der Waals surface area contributed by atoms with Crippen LogP contribution in [0.5, 0.6) is 0 Å². The lowest BCUT2D eigenvalue weighted by Gasteiger charge is -2.34. The maximum Gasteiger partial charge on any atom is 0.236 e. The van der Waals surface area contributed by atoms with Crippen LogP contribution in [-0.4, -0.2) is 68.2 Å². The summed E-state index contributed by atoms with van der Waals surface area (Å²) in [5.74, 6) is 0.0704. The maximum absolute atomic E-state index is 11.4. The standard InChI is InChI=1S/C12H25N3O2/c1-2-17-10-4-3-5-14-6-8-15(9-7-14)12(16)11-13/h2-11,13H2,1H3. The summed E-state index contributed by atoms with van der Waals surface area (Å²) in [6, 6.07) is 0. The Balaban J connectivity index is 2.05. The van der Waals surface area contributed by atoms with Crippen LogP contribution in [0.2, 0.25) is 0 Å². The van der Waals surface area contributed by atoms with Crippen LogP contribution >= 0.6 is 0 Å². The van der Waals surface area contributed by atoms with E-state index in [-0.39, 0.29) is 12.5 Å². The average Bonchev–Trinajstić information content (AvgIpc) is 2.38. The lowest BCUT2D eigenvalue weighted by molar-refractivity contribution is -0.131. The molecule has 5 heteroatoms. The first-order valence-corrected chi connectivity index (χ1v) is 6.56. The maximum atomic E-state index is 11.4. The van der Waals surface area contributed by atoms with Gasteiger partial charge in [0.25, 0.3) is 0 Å². The molecule has 0 aromatic heterocycles. The van der Waals surface area contributed by atoms with E-state index in [0.29, 0.717) is 0 Å². The Hall–Kier alpha value is -0.650. The molecule has 0 saturated carbocycles. The van der Waals surface area contributed by atoms with Crippen LogP contribution in [0.15, 0.2) is 0 Å². The van der Waals surface area contributed by atoms with Crippen LogP contribution < -0.4 is 5.73 Å². The van der Waals surface area contributed by atoms with Crippen molar-refractivity contribution in [3.63, 3.8) is 0 Å². The summed E-state index contributed by atoms with van der Waals surface area (Å²) in [7, 11) is 0. The van der Waals surface area contributed by atoms with Gasteiger partial charge in [-0.2, -0.15) is 0 Å². The van der Waals surface area contributed by atoms with Gasteiger partial charge in [-0.25, -0.2) is 0 Å². The summed E-state index contributed by atoms with van der Waals surface area (Å²) in [5, 5.41) is 0. The Morgan fingerprint density at radius 3 is 2.53 bits per heavy atom. The summed E-state index contributed by atoms with van der Waals surface area (Å²) in [4.78, 5) is 15.6. The molecular formula is C12H25N3O2. The molecule has 1 aliphatic heterocycles. The van der Waals surface area contributed by atoms with Gasteiger partial charge in [0.15, 0.2) is 0 Å². The molecule has 1 saturated heterocycles. The average molecular weight is 243 g/mol. The Kier molecular flexibility index (Phi) is 7.16. The van der Waals surface area contributed by atoms with Crippen molar-refractivity contribution in [2.45, 2.75) is 19.8 Å². The van der Waals surface area contributed by atoms with Crippen LogP contribution in [0.1, 0.15) is 19.8 Å². The molecule has 2 N–H and O–H groups in total. The predicted molar refractivity (Wildman–Crippen MR) is 67.8 cm³/mol. The first-order chi connectivity index (χ1) is 8.27. The van der Waals surface area contributed by atoms with Crippen LogP contribution in [-0.2, 0) is 9.53 Å². The van der Waals surface area contributed by atoms with Crippen LogP contribution in [0.4, 0.5) is 0 Å². The number of carbonyl (C=O) groups excluding carboxylic acids is 1. The second-order valence-corrected chi connectivity index (χ2v) is 4.33. The van der Waals surface area contributed by atoms with E-state index in [1.54, 1.807) is 0 Å². The van der Waals surface area contributed by atoms with E-state index in [1.165, 1.54) is 6.42 Å². The first-order valence-electron chi connectivity index (χ1n) is 6.56. The molecule has 0 aromatic rings. The van der Waals surface area contributed by atoms with E-state index in [0.717, 1.165) is 52.4 Å². The van der Waals surface area contributed by atoms with Crippen molar-refractivity contribution < 1.29 is 9.53 Å². The van der Waals surface area contributed by atoms with Crippen molar-refractivity contribution in [2.24, 2.45) is 5.73 Å². The minimum Gasteiger partial charge on any atom is -0.382 e. The number of piperazine rings is 1. The predicted octanol–water partition coefficient (Wildman–Crippen LogP) is -0.0940. The van der Waals surface area contributed by atoms with Crippen molar-refractivity contribution in [3.8, 4) is 0 Å². The number of unbranched alkanes of at least 4 members (excludes halogenated alkanes) is 1. The summed E-state index contributed by atoms with van der Waals surface area (Å²) in [6.07, 6.45) is 2.29. The highest BCUT2D eigenvalue weighted by molar-refractivity contribution is 5.78. The lowest BCUT2D eigenvalue weighted by Crippen LogP contribution is -2.50. The minimum atomic E-state index is 0.0704. The van der Waals surface area contributed by atoms with Crippen molar-refractivity contribution in [2.75, 3.05) is 52.5 Å².